The molecule has 3 heteroatoms. The van der Waals surface area contributed by atoms with Crippen molar-refractivity contribution in [3.8, 4) is 0 Å². The molecule has 0 N–H and O–H groups in total. The number of ether oxygens (including phenoxy) is 1. The second-order valence-corrected chi connectivity index (χ2v) is 14.9. The van der Waals surface area contributed by atoms with Crippen molar-refractivity contribution in [2.45, 2.75) is 132 Å². The van der Waals surface area contributed by atoms with Crippen LogP contribution in [0.25, 0.3) is 0 Å². The van der Waals surface area contributed by atoms with E-state index in [9.17, 15) is 9.18 Å². The molecule has 2 saturated carbocycles. The number of alkyl halides is 1. The van der Waals surface area contributed by atoms with Gasteiger partial charge in [0.1, 0.15) is 6.10 Å². The average molecular weight is 503 g/mol. The molecule has 0 aliphatic heterocycles. The summed E-state index contributed by atoms with van der Waals surface area (Å²) in [6.45, 7) is 15.4. The highest BCUT2D eigenvalue weighted by Gasteiger charge is 2.57. The Morgan fingerprint density at radius 1 is 1.08 bits per heavy atom. The van der Waals surface area contributed by atoms with Crippen LogP contribution in [0.3, 0.4) is 0 Å². The van der Waals surface area contributed by atoms with E-state index in [1.54, 1.807) is 5.57 Å². The molecule has 2 nitrogen and oxygen atoms in total. The summed E-state index contributed by atoms with van der Waals surface area (Å²) >= 11 is 0. The monoisotopic (exact) mass is 502 g/mol. The zero-order chi connectivity index (χ0) is 26.3. The van der Waals surface area contributed by atoms with Gasteiger partial charge in [-0.3, -0.25) is 9.18 Å². The number of rotatable bonds is 8. The lowest BCUT2D eigenvalue weighted by atomic mass is 9.50. The fourth-order valence-electron chi connectivity index (χ4n) is 9.20. The summed E-state index contributed by atoms with van der Waals surface area (Å²) in [7, 11) is 0. The molecule has 4 rings (SSSR count). The zero-order valence-electron chi connectivity index (χ0n) is 24.5. The Morgan fingerprint density at radius 3 is 2.50 bits per heavy atom. The molecule has 0 aromatic carbocycles. The van der Waals surface area contributed by atoms with Crippen LogP contribution < -0.4 is 0 Å². The Kier molecular flexibility index (Phi) is 8.68. The molecule has 36 heavy (non-hydrogen) atoms. The van der Waals surface area contributed by atoms with E-state index in [0.29, 0.717) is 23.7 Å². The van der Waals surface area contributed by atoms with Gasteiger partial charge in [0.2, 0.25) is 0 Å². The molecule has 0 aromatic heterocycles. The first-order valence-corrected chi connectivity index (χ1v) is 15.4. The molecule has 0 saturated heterocycles. The van der Waals surface area contributed by atoms with E-state index in [4.69, 9.17) is 4.74 Å². The molecule has 0 aromatic rings. The van der Waals surface area contributed by atoms with Gasteiger partial charge >= 0.3 is 5.97 Å². The fourth-order valence-corrected chi connectivity index (χ4v) is 9.20. The SMILES string of the molecule is CC(C)CCC[C@@H](C)[C@H]1CCC2C3C[C@@H](CCF)C4=C(CC[C@H](OC(=O)C(C)(C)C)C4)C3CC[C@@]21C. The Bertz CT molecular complexity index is 807. The number of carbonyl (C=O) groups excluding carboxylic acids is 1. The van der Waals surface area contributed by atoms with E-state index in [0.717, 1.165) is 48.9 Å². The number of hydrogen-bond donors (Lipinski definition) is 0. The summed E-state index contributed by atoms with van der Waals surface area (Å²) in [6.07, 6.45) is 14.2. The molecular weight excluding hydrogens is 447 g/mol. The predicted octanol–water partition coefficient (Wildman–Crippen LogP) is 9.33. The first kappa shape index (κ1) is 28.2. The van der Waals surface area contributed by atoms with Crippen LogP contribution in [-0.4, -0.2) is 18.7 Å². The quantitative estimate of drug-likeness (QED) is 0.244. The van der Waals surface area contributed by atoms with Gasteiger partial charge in [0.15, 0.2) is 0 Å². The van der Waals surface area contributed by atoms with Crippen molar-refractivity contribution in [3.05, 3.63) is 11.1 Å². The molecule has 4 aliphatic carbocycles. The van der Waals surface area contributed by atoms with Crippen molar-refractivity contribution in [2.75, 3.05) is 6.67 Å². The van der Waals surface area contributed by atoms with Crippen molar-refractivity contribution in [3.63, 3.8) is 0 Å². The third-order valence-electron chi connectivity index (χ3n) is 11.1. The van der Waals surface area contributed by atoms with Crippen LogP contribution >= 0.6 is 0 Å². The van der Waals surface area contributed by atoms with Crippen molar-refractivity contribution in [1.29, 1.82) is 0 Å². The van der Waals surface area contributed by atoms with Crippen LogP contribution in [-0.2, 0) is 9.53 Å². The Balaban J connectivity index is 1.50. The molecule has 2 fully saturated rings. The van der Waals surface area contributed by atoms with E-state index in [2.05, 4.69) is 27.7 Å². The maximum atomic E-state index is 13.8. The van der Waals surface area contributed by atoms with Crippen LogP contribution in [0.15, 0.2) is 11.1 Å². The van der Waals surface area contributed by atoms with Crippen LogP contribution in [0.1, 0.15) is 126 Å². The summed E-state index contributed by atoms with van der Waals surface area (Å²) < 4.78 is 19.8. The van der Waals surface area contributed by atoms with E-state index in [1.165, 1.54) is 56.9 Å². The summed E-state index contributed by atoms with van der Waals surface area (Å²) in [5.74, 6) is 4.99. The number of fused-ring (bicyclic) bond motifs is 4. The second-order valence-electron chi connectivity index (χ2n) is 14.9. The summed E-state index contributed by atoms with van der Waals surface area (Å²) in [5, 5.41) is 0. The normalized spacial score (nSPS) is 37.4. The molecule has 0 spiro atoms. The third kappa shape index (κ3) is 5.61. The molecule has 4 aliphatic rings. The lowest BCUT2D eigenvalue weighted by molar-refractivity contribution is -0.159. The van der Waals surface area contributed by atoms with E-state index >= 15 is 0 Å². The summed E-state index contributed by atoms with van der Waals surface area (Å²) in [4.78, 5) is 12.6. The Hall–Kier alpha value is -0.860. The first-order chi connectivity index (χ1) is 17.0. The van der Waals surface area contributed by atoms with E-state index in [-0.39, 0.29) is 18.7 Å². The highest BCUT2D eigenvalue weighted by molar-refractivity contribution is 5.75. The molecule has 0 bridgehead atoms. The fraction of sp³-hybridized carbons (Fsp3) is 0.909. The second kappa shape index (κ2) is 11.1. The highest BCUT2D eigenvalue weighted by Crippen LogP contribution is 2.65. The maximum Gasteiger partial charge on any atom is 0.311 e. The number of hydrogen-bond acceptors (Lipinski definition) is 2. The molecular formula is C33H55FO2. The van der Waals surface area contributed by atoms with Gasteiger partial charge in [0, 0.05) is 6.42 Å². The van der Waals surface area contributed by atoms with Crippen LogP contribution in [0.4, 0.5) is 4.39 Å². The minimum atomic E-state index is -0.469. The van der Waals surface area contributed by atoms with Gasteiger partial charge in [-0.2, -0.15) is 0 Å². The Morgan fingerprint density at radius 2 is 1.83 bits per heavy atom. The largest absolute Gasteiger partial charge is 0.462 e. The van der Waals surface area contributed by atoms with Gasteiger partial charge in [0.05, 0.1) is 12.1 Å². The smallest absolute Gasteiger partial charge is 0.311 e. The van der Waals surface area contributed by atoms with E-state index < -0.39 is 5.41 Å². The number of halogens is 1. The topological polar surface area (TPSA) is 26.3 Å². The third-order valence-corrected chi connectivity index (χ3v) is 11.1. The van der Waals surface area contributed by atoms with Crippen molar-refractivity contribution in [2.24, 2.45) is 52.3 Å². The molecule has 3 unspecified atom stereocenters. The number of carbonyl (C=O) groups is 1. The van der Waals surface area contributed by atoms with Gasteiger partial charge in [-0.1, -0.05) is 58.1 Å². The minimum absolute atomic E-state index is 0.0226. The number of esters is 1. The lowest BCUT2D eigenvalue weighted by Crippen LogP contribution is -2.47. The molecule has 8 atom stereocenters. The standard InChI is InChI=1S/C33H55FO2/c1-21(2)9-8-10-22(3)29-13-14-30-28-19-23(16-18-34)27-20-24(36-31(35)32(4,5)6)11-12-25(27)26(28)15-17-33(29,30)7/h21-24,26,28-30H,8-20H2,1-7H3/t22-,23-,24+,26?,28?,29-,30?,33-/m1/s1. The Labute approximate surface area is 221 Å². The summed E-state index contributed by atoms with van der Waals surface area (Å²) in [6, 6.07) is 0. The molecule has 206 valence electrons. The van der Waals surface area contributed by atoms with Crippen molar-refractivity contribution >= 4 is 5.97 Å². The van der Waals surface area contributed by atoms with Crippen LogP contribution in [0.5, 0.6) is 0 Å². The maximum absolute atomic E-state index is 13.8. The summed E-state index contributed by atoms with van der Waals surface area (Å²) in [5.41, 5.74) is 3.16. The van der Waals surface area contributed by atoms with Gasteiger partial charge in [-0.15, -0.1) is 0 Å². The van der Waals surface area contributed by atoms with Gasteiger partial charge < -0.3 is 4.74 Å². The van der Waals surface area contributed by atoms with Gasteiger partial charge in [-0.05, 0) is 119 Å². The zero-order valence-corrected chi connectivity index (χ0v) is 24.5. The first-order valence-electron chi connectivity index (χ1n) is 15.4. The van der Waals surface area contributed by atoms with Crippen molar-refractivity contribution in [1.82, 2.24) is 0 Å². The van der Waals surface area contributed by atoms with Gasteiger partial charge in [0.25, 0.3) is 0 Å². The molecule has 0 heterocycles. The lowest BCUT2D eigenvalue weighted by Gasteiger charge is -2.55. The van der Waals surface area contributed by atoms with Crippen LogP contribution in [0.2, 0.25) is 0 Å². The minimum Gasteiger partial charge on any atom is -0.462 e. The molecule has 0 radical (unpaired) electrons. The average Bonchev–Trinajstić information content (AvgIpc) is 3.16. The van der Waals surface area contributed by atoms with Crippen molar-refractivity contribution < 1.29 is 13.9 Å². The number of allylic oxidation sites excluding steroid dienone is 1. The van der Waals surface area contributed by atoms with E-state index in [1.807, 2.05) is 20.8 Å². The molecule has 0 amide bonds. The van der Waals surface area contributed by atoms with Crippen LogP contribution in [0, 0.1) is 52.3 Å². The van der Waals surface area contributed by atoms with Gasteiger partial charge in [-0.25, -0.2) is 0 Å². The predicted molar refractivity (Wildman–Crippen MR) is 147 cm³/mol. The highest BCUT2D eigenvalue weighted by atomic mass is 19.1.